The SMILES string of the molecule is C.C.C.CCCN(CCCCCCN(C)C1CC(C)(C)NC(C)(C)C1)C1CC(C)(C)NC(C)(C)C1. The first-order valence-electron chi connectivity index (χ1n) is 13.7. The van der Waals surface area contributed by atoms with Crippen LogP contribution in [0.4, 0.5) is 0 Å². The third kappa shape index (κ3) is 12.8. The van der Waals surface area contributed by atoms with Crippen LogP contribution in [0.2, 0.25) is 0 Å². The van der Waals surface area contributed by atoms with E-state index < -0.39 is 0 Å². The lowest BCUT2D eigenvalue weighted by molar-refractivity contribution is 0.0644. The lowest BCUT2D eigenvalue weighted by Gasteiger charge is -2.50. The summed E-state index contributed by atoms with van der Waals surface area (Å²) < 4.78 is 0. The van der Waals surface area contributed by atoms with Gasteiger partial charge >= 0.3 is 0 Å². The van der Waals surface area contributed by atoms with Crippen molar-refractivity contribution >= 4 is 0 Å². The van der Waals surface area contributed by atoms with Gasteiger partial charge in [-0.15, -0.1) is 0 Å². The van der Waals surface area contributed by atoms with E-state index in [1.54, 1.807) is 0 Å². The van der Waals surface area contributed by atoms with Gasteiger partial charge < -0.3 is 20.4 Å². The molecular weight excluding hydrogens is 428 g/mol. The van der Waals surface area contributed by atoms with Crippen LogP contribution < -0.4 is 10.6 Å². The van der Waals surface area contributed by atoms with E-state index >= 15 is 0 Å². The highest BCUT2D eigenvalue weighted by Crippen LogP contribution is 2.33. The fourth-order valence-corrected chi connectivity index (χ4v) is 7.08. The molecule has 0 spiro atoms. The summed E-state index contributed by atoms with van der Waals surface area (Å²) in [5.74, 6) is 0. The molecule has 0 atom stereocenters. The van der Waals surface area contributed by atoms with Crippen LogP contribution in [0.5, 0.6) is 0 Å². The predicted molar refractivity (Wildman–Crippen MR) is 162 cm³/mol. The summed E-state index contributed by atoms with van der Waals surface area (Å²) in [5.41, 5.74) is 0.948. The molecule has 0 unspecified atom stereocenters. The number of nitrogens with zero attached hydrogens (tertiary/aromatic N) is 2. The van der Waals surface area contributed by atoms with Crippen LogP contribution in [-0.2, 0) is 0 Å². The molecule has 2 heterocycles. The van der Waals surface area contributed by atoms with Gasteiger partial charge in [0.15, 0.2) is 0 Å². The van der Waals surface area contributed by atoms with Gasteiger partial charge in [0.25, 0.3) is 0 Å². The van der Waals surface area contributed by atoms with Crippen molar-refractivity contribution in [2.45, 2.75) is 177 Å². The Labute approximate surface area is 223 Å². The third-order valence-electron chi connectivity index (χ3n) is 7.69. The second-order valence-electron chi connectivity index (χ2n) is 13.8. The summed E-state index contributed by atoms with van der Waals surface area (Å²) in [4.78, 5) is 5.46. The Balaban J connectivity index is 0. The molecule has 0 saturated carbocycles. The molecule has 2 fully saturated rings. The number of unbranched alkanes of at least 4 members (excludes halogenated alkanes) is 3. The van der Waals surface area contributed by atoms with Gasteiger partial charge in [-0.2, -0.15) is 0 Å². The number of hydrogen-bond donors (Lipinski definition) is 2. The van der Waals surface area contributed by atoms with Crippen molar-refractivity contribution in [3.05, 3.63) is 0 Å². The molecule has 214 valence electrons. The molecule has 2 rings (SSSR count). The lowest BCUT2D eigenvalue weighted by Crippen LogP contribution is -2.62. The van der Waals surface area contributed by atoms with Crippen LogP contribution in [0.15, 0.2) is 0 Å². The first-order valence-corrected chi connectivity index (χ1v) is 13.7. The second-order valence-corrected chi connectivity index (χ2v) is 13.8. The molecule has 0 amide bonds. The Hall–Kier alpha value is -0.160. The molecule has 0 radical (unpaired) electrons. The average molecular weight is 499 g/mol. The standard InChI is InChI=1S/C28H58N4.3CH4/c1-11-16-32(24-21-27(6,7)30-28(8,9)22-24)18-15-13-12-14-17-31(10)23-19-25(2,3)29-26(4,5)20-23;;;/h23-24,29-30H,11-22H2,1-10H3;3*1H4. The molecular formula is C31H70N4. The predicted octanol–water partition coefficient (Wildman–Crippen LogP) is 7.72. The van der Waals surface area contributed by atoms with Crippen LogP contribution in [0.1, 0.15) is 142 Å². The number of piperidine rings is 2. The number of hydrogen-bond acceptors (Lipinski definition) is 4. The van der Waals surface area contributed by atoms with Crippen molar-refractivity contribution in [3.8, 4) is 0 Å². The summed E-state index contributed by atoms with van der Waals surface area (Å²) in [7, 11) is 2.35. The van der Waals surface area contributed by atoms with Crippen molar-refractivity contribution in [1.29, 1.82) is 0 Å². The second kappa shape index (κ2) is 14.7. The van der Waals surface area contributed by atoms with E-state index in [-0.39, 0.29) is 44.4 Å². The van der Waals surface area contributed by atoms with Crippen molar-refractivity contribution in [1.82, 2.24) is 20.4 Å². The maximum Gasteiger partial charge on any atom is 0.0145 e. The van der Waals surface area contributed by atoms with E-state index in [1.165, 1.54) is 77.4 Å². The summed E-state index contributed by atoms with van der Waals surface area (Å²) in [6.45, 7) is 25.1. The largest absolute Gasteiger partial charge is 0.307 e. The zero-order valence-electron chi connectivity index (χ0n) is 23.5. The zero-order valence-corrected chi connectivity index (χ0v) is 23.5. The third-order valence-corrected chi connectivity index (χ3v) is 7.69. The topological polar surface area (TPSA) is 30.5 Å². The van der Waals surface area contributed by atoms with Gasteiger partial charge in [0.2, 0.25) is 0 Å². The molecule has 35 heavy (non-hydrogen) atoms. The van der Waals surface area contributed by atoms with Crippen LogP contribution in [0, 0.1) is 0 Å². The monoisotopic (exact) mass is 499 g/mol. The van der Waals surface area contributed by atoms with Crippen LogP contribution >= 0.6 is 0 Å². The lowest BCUT2D eigenvalue weighted by atomic mass is 9.79. The summed E-state index contributed by atoms with van der Waals surface area (Å²) in [5, 5.41) is 7.68. The minimum atomic E-state index is 0. The quantitative estimate of drug-likeness (QED) is 0.285. The Morgan fingerprint density at radius 1 is 0.571 bits per heavy atom. The summed E-state index contributed by atoms with van der Waals surface area (Å²) in [6, 6.07) is 1.42. The van der Waals surface area contributed by atoms with E-state index in [2.05, 4.69) is 89.8 Å². The van der Waals surface area contributed by atoms with E-state index in [9.17, 15) is 0 Å². The van der Waals surface area contributed by atoms with E-state index in [0.29, 0.717) is 6.04 Å². The van der Waals surface area contributed by atoms with Gasteiger partial charge in [0, 0.05) is 34.2 Å². The minimum Gasteiger partial charge on any atom is -0.307 e. The molecule has 0 aromatic rings. The Bertz CT molecular complexity index is 534. The number of rotatable bonds is 11. The van der Waals surface area contributed by atoms with E-state index in [4.69, 9.17) is 0 Å². The fourth-order valence-electron chi connectivity index (χ4n) is 7.08. The average Bonchev–Trinajstić information content (AvgIpc) is 2.58. The van der Waals surface area contributed by atoms with Crippen molar-refractivity contribution < 1.29 is 0 Å². The van der Waals surface area contributed by atoms with E-state index in [1.807, 2.05) is 0 Å². The molecule has 2 aliphatic rings. The minimum absolute atomic E-state index is 0. The van der Waals surface area contributed by atoms with Crippen LogP contribution in [0.3, 0.4) is 0 Å². The normalized spacial score (nSPS) is 23.3. The molecule has 0 aliphatic carbocycles. The highest BCUT2D eigenvalue weighted by Gasteiger charge is 2.40. The molecule has 4 heteroatoms. The molecule has 0 bridgehead atoms. The number of nitrogens with one attached hydrogen (secondary N) is 2. The van der Waals surface area contributed by atoms with E-state index in [0.717, 1.165) is 6.04 Å². The van der Waals surface area contributed by atoms with Gasteiger partial charge in [0.05, 0.1) is 0 Å². The Morgan fingerprint density at radius 2 is 0.943 bits per heavy atom. The van der Waals surface area contributed by atoms with Gasteiger partial charge in [-0.1, -0.05) is 42.0 Å². The molecule has 2 aliphatic heterocycles. The first kappa shape index (κ1) is 37.0. The van der Waals surface area contributed by atoms with Crippen molar-refractivity contribution in [2.75, 3.05) is 26.7 Å². The van der Waals surface area contributed by atoms with Crippen LogP contribution in [0.25, 0.3) is 0 Å². The Morgan fingerprint density at radius 3 is 1.34 bits per heavy atom. The van der Waals surface area contributed by atoms with Gasteiger partial charge in [-0.05, 0) is 127 Å². The molecule has 4 nitrogen and oxygen atoms in total. The van der Waals surface area contributed by atoms with Gasteiger partial charge in [0.1, 0.15) is 0 Å². The molecule has 2 saturated heterocycles. The molecule has 2 N–H and O–H groups in total. The molecule has 0 aromatic heterocycles. The van der Waals surface area contributed by atoms with Gasteiger partial charge in [-0.3, -0.25) is 0 Å². The zero-order chi connectivity index (χ0) is 24.2. The fraction of sp³-hybridized carbons (Fsp3) is 1.00. The molecule has 0 aromatic carbocycles. The maximum atomic E-state index is 3.86. The first-order chi connectivity index (χ1) is 14.6. The highest BCUT2D eigenvalue weighted by molar-refractivity contribution is 5.01. The van der Waals surface area contributed by atoms with Crippen LogP contribution in [-0.4, -0.2) is 70.7 Å². The van der Waals surface area contributed by atoms with Crippen molar-refractivity contribution in [2.24, 2.45) is 0 Å². The van der Waals surface area contributed by atoms with Crippen molar-refractivity contribution in [3.63, 3.8) is 0 Å². The maximum absolute atomic E-state index is 3.86. The smallest absolute Gasteiger partial charge is 0.0145 e. The Kier molecular flexibility index (Phi) is 15.5. The highest BCUT2D eigenvalue weighted by atomic mass is 15.2. The summed E-state index contributed by atoms with van der Waals surface area (Å²) in [6.07, 6.45) is 11.7. The summed E-state index contributed by atoms with van der Waals surface area (Å²) >= 11 is 0. The van der Waals surface area contributed by atoms with Gasteiger partial charge in [-0.25, -0.2) is 0 Å².